The molecule has 2 aromatic heterocycles. The Morgan fingerprint density at radius 3 is 2.86 bits per heavy atom. The van der Waals surface area contributed by atoms with E-state index in [1.807, 2.05) is 29.0 Å². The van der Waals surface area contributed by atoms with Gasteiger partial charge in [-0.05, 0) is 17.5 Å². The van der Waals surface area contributed by atoms with E-state index in [1.54, 1.807) is 11.3 Å². The molecule has 0 aromatic carbocycles. The molecular formula is C10H9ClOS2. The van der Waals surface area contributed by atoms with Crippen LogP contribution in [0.5, 0.6) is 0 Å². The van der Waals surface area contributed by atoms with Crippen molar-refractivity contribution in [2.75, 3.05) is 0 Å². The number of hydrogen-bond acceptors (Lipinski definition) is 3. The SMILES string of the molecule is OC(Cc1cccs1)c1cc(Cl)cs1. The fraction of sp³-hybridized carbons (Fsp3) is 0.200. The molecule has 1 nitrogen and oxygen atoms in total. The van der Waals surface area contributed by atoms with Crippen LogP contribution in [-0.2, 0) is 6.42 Å². The Kier molecular flexibility index (Phi) is 3.23. The lowest BCUT2D eigenvalue weighted by atomic mass is 10.2. The maximum absolute atomic E-state index is 9.86. The van der Waals surface area contributed by atoms with Gasteiger partial charge in [-0.15, -0.1) is 22.7 Å². The van der Waals surface area contributed by atoms with Gasteiger partial charge in [-0.2, -0.15) is 0 Å². The van der Waals surface area contributed by atoms with Crippen LogP contribution in [0.3, 0.4) is 0 Å². The smallest absolute Gasteiger partial charge is 0.0930 e. The van der Waals surface area contributed by atoms with Gasteiger partial charge in [0.1, 0.15) is 0 Å². The molecular weight excluding hydrogens is 236 g/mol. The molecule has 1 unspecified atom stereocenters. The molecule has 0 amide bonds. The average Bonchev–Trinajstić information content (AvgIpc) is 2.75. The fourth-order valence-corrected chi connectivity index (χ4v) is 3.03. The molecule has 4 heteroatoms. The van der Waals surface area contributed by atoms with Gasteiger partial charge in [0, 0.05) is 21.6 Å². The summed E-state index contributed by atoms with van der Waals surface area (Å²) < 4.78 is 0. The van der Waals surface area contributed by atoms with Crippen molar-refractivity contribution in [3.63, 3.8) is 0 Å². The van der Waals surface area contributed by atoms with Crippen molar-refractivity contribution in [3.05, 3.63) is 43.7 Å². The summed E-state index contributed by atoms with van der Waals surface area (Å²) in [6, 6.07) is 5.85. The summed E-state index contributed by atoms with van der Waals surface area (Å²) in [5, 5.41) is 14.4. The van der Waals surface area contributed by atoms with Gasteiger partial charge in [-0.25, -0.2) is 0 Å². The number of hydrogen-bond donors (Lipinski definition) is 1. The molecule has 2 heterocycles. The number of aliphatic hydroxyl groups excluding tert-OH is 1. The predicted molar refractivity (Wildman–Crippen MR) is 62.3 cm³/mol. The van der Waals surface area contributed by atoms with Gasteiger partial charge >= 0.3 is 0 Å². The van der Waals surface area contributed by atoms with Crippen LogP contribution >= 0.6 is 34.3 Å². The molecule has 0 aliphatic rings. The van der Waals surface area contributed by atoms with Crippen molar-refractivity contribution in [1.82, 2.24) is 0 Å². The van der Waals surface area contributed by atoms with E-state index in [4.69, 9.17) is 11.6 Å². The maximum atomic E-state index is 9.86. The van der Waals surface area contributed by atoms with Gasteiger partial charge in [0.05, 0.1) is 11.1 Å². The topological polar surface area (TPSA) is 20.2 Å². The quantitative estimate of drug-likeness (QED) is 0.872. The molecule has 1 atom stereocenters. The second kappa shape index (κ2) is 4.45. The van der Waals surface area contributed by atoms with Gasteiger partial charge in [0.25, 0.3) is 0 Å². The molecule has 0 saturated heterocycles. The summed E-state index contributed by atoms with van der Waals surface area (Å²) in [6.45, 7) is 0. The van der Waals surface area contributed by atoms with E-state index in [1.165, 1.54) is 16.2 Å². The summed E-state index contributed by atoms with van der Waals surface area (Å²) in [7, 11) is 0. The van der Waals surface area contributed by atoms with Crippen LogP contribution in [-0.4, -0.2) is 5.11 Å². The Bertz CT molecular complexity index is 394. The number of rotatable bonds is 3. The Morgan fingerprint density at radius 2 is 2.29 bits per heavy atom. The summed E-state index contributed by atoms with van der Waals surface area (Å²) in [6.07, 6.45) is 0.250. The monoisotopic (exact) mass is 244 g/mol. The van der Waals surface area contributed by atoms with Gasteiger partial charge in [0.2, 0.25) is 0 Å². The Labute approximate surface area is 95.6 Å². The molecule has 1 N–H and O–H groups in total. The summed E-state index contributed by atoms with van der Waals surface area (Å²) >= 11 is 8.95. The largest absolute Gasteiger partial charge is 0.387 e. The number of halogens is 1. The molecule has 74 valence electrons. The lowest BCUT2D eigenvalue weighted by molar-refractivity contribution is 0.183. The minimum absolute atomic E-state index is 0.425. The zero-order valence-corrected chi connectivity index (χ0v) is 9.70. The number of aliphatic hydroxyl groups is 1. The van der Waals surface area contributed by atoms with Gasteiger partial charge in [0.15, 0.2) is 0 Å². The molecule has 0 aliphatic carbocycles. The standard InChI is InChI=1S/C10H9ClOS2/c11-7-4-10(14-6-7)9(12)5-8-2-1-3-13-8/h1-4,6,9,12H,5H2. The first-order chi connectivity index (χ1) is 6.75. The minimum Gasteiger partial charge on any atom is -0.387 e. The van der Waals surface area contributed by atoms with Gasteiger partial charge < -0.3 is 5.11 Å². The predicted octanol–water partition coefficient (Wildman–Crippen LogP) is 3.74. The molecule has 14 heavy (non-hydrogen) atoms. The molecule has 0 saturated carbocycles. The highest BCUT2D eigenvalue weighted by molar-refractivity contribution is 7.10. The Hall–Kier alpha value is -0.350. The van der Waals surface area contributed by atoms with Crippen molar-refractivity contribution in [1.29, 1.82) is 0 Å². The van der Waals surface area contributed by atoms with Crippen molar-refractivity contribution in [2.45, 2.75) is 12.5 Å². The van der Waals surface area contributed by atoms with Crippen LogP contribution in [0.2, 0.25) is 5.02 Å². The lowest BCUT2D eigenvalue weighted by Crippen LogP contribution is -1.97. The van der Waals surface area contributed by atoms with Crippen molar-refractivity contribution in [2.24, 2.45) is 0 Å². The van der Waals surface area contributed by atoms with Crippen LogP contribution in [0, 0.1) is 0 Å². The van der Waals surface area contributed by atoms with Crippen LogP contribution in [0.4, 0.5) is 0 Å². The average molecular weight is 245 g/mol. The summed E-state index contributed by atoms with van der Waals surface area (Å²) in [4.78, 5) is 2.13. The Morgan fingerprint density at radius 1 is 1.43 bits per heavy atom. The zero-order chi connectivity index (χ0) is 9.97. The molecule has 0 bridgehead atoms. The van der Waals surface area contributed by atoms with Crippen LogP contribution in [0.25, 0.3) is 0 Å². The minimum atomic E-state index is -0.425. The maximum Gasteiger partial charge on any atom is 0.0930 e. The normalized spacial score (nSPS) is 13.0. The van der Waals surface area contributed by atoms with E-state index < -0.39 is 6.10 Å². The van der Waals surface area contributed by atoms with Crippen molar-refractivity contribution >= 4 is 34.3 Å². The fourth-order valence-electron chi connectivity index (χ4n) is 1.22. The third-order valence-corrected chi connectivity index (χ3v) is 4.17. The second-order valence-electron chi connectivity index (χ2n) is 2.97. The van der Waals surface area contributed by atoms with E-state index in [9.17, 15) is 5.11 Å². The highest BCUT2D eigenvalue weighted by Crippen LogP contribution is 2.28. The van der Waals surface area contributed by atoms with E-state index in [0.29, 0.717) is 11.4 Å². The highest BCUT2D eigenvalue weighted by atomic mass is 35.5. The van der Waals surface area contributed by atoms with Crippen LogP contribution in [0.15, 0.2) is 29.0 Å². The summed E-state index contributed by atoms with van der Waals surface area (Å²) in [5.41, 5.74) is 0. The first-order valence-electron chi connectivity index (χ1n) is 4.20. The van der Waals surface area contributed by atoms with Crippen LogP contribution < -0.4 is 0 Å². The van der Waals surface area contributed by atoms with Crippen molar-refractivity contribution < 1.29 is 5.11 Å². The van der Waals surface area contributed by atoms with Gasteiger partial charge in [-0.1, -0.05) is 17.7 Å². The number of thiophene rings is 2. The second-order valence-corrected chi connectivity index (χ2v) is 5.38. The zero-order valence-electron chi connectivity index (χ0n) is 7.31. The Balaban J connectivity index is 2.06. The first-order valence-corrected chi connectivity index (χ1v) is 6.34. The van der Waals surface area contributed by atoms with E-state index in [-0.39, 0.29) is 0 Å². The van der Waals surface area contributed by atoms with Crippen LogP contribution in [0.1, 0.15) is 15.9 Å². The molecule has 0 aliphatic heterocycles. The van der Waals surface area contributed by atoms with E-state index in [0.717, 1.165) is 4.88 Å². The molecule has 0 spiro atoms. The van der Waals surface area contributed by atoms with E-state index in [2.05, 4.69) is 0 Å². The lowest BCUT2D eigenvalue weighted by Gasteiger charge is -2.05. The highest BCUT2D eigenvalue weighted by Gasteiger charge is 2.11. The molecule has 0 fully saturated rings. The summed E-state index contributed by atoms with van der Waals surface area (Å²) in [5.74, 6) is 0. The molecule has 2 rings (SSSR count). The molecule has 2 aromatic rings. The third kappa shape index (κ3) is 2.36. The molecule has 0 radical (unpaired) electrons. The van der Waals surface area contributed by atoms with Gasteiger partial charge in [-0.3, -0.25) is 0 Å². The van der Waals surface area contributed by atoms with Crippen molar-refractivity contribution in [3.8, 4) is 0 Å². The first kappa shape index (κ1) is 10.2. The van der Waals surface area contributed by atoms with E-state index >= 15 is 0 Å². The third-order valence-electron chi connectivity index (χ3n) is 1.89.